The van der Waals surface area contributed by atoms with Gasteiger partial charge in [0.05, 0.1) is 11.4 Å². The predicted molar refractivity (Wildman–Crippen MR) is 91.8 cm³/mol. The molecule has 0 N–H and O–H groups in total. The topological polar surface area (TPSA) is 52.0 Å². The van der Waals surface area contributed by atoms with Gasteiger partial charge in [-0.3, -0.25) is 0 Å². The molecular formula is C18H15F3N2O2S. The second-order valence-corrected chi connectivity index (χ2v) is 7.90. The largest absolute Gasteiger partial charge is 0.282 e. The van der Waals surface area contributed by atoms with E-state index in [0.29, 0.717) is 5.69 Å². The Balaban J connectivity index is 2.18. The Hall–Kier alpha value is -2.61. The van der Waals surface area contributed by atoms with Crippen LogP contribution in [-0.2, 0) is 9.84 Å². The van der Waals surface area contributed by atoms with Gasteiger partial charge < -0.3 is 0 Å². The lowest BCUT2D eigenvalue weighted by Crippen LogP contribution is -2.03. The third-order valence-electron chi connectivity index (χ3n) is 3.86. The highest BCUT2D eigenvalue weighted by molar-refractivity contribution is 7.90. The summed E-state index contributed by atoms with van der Waals surface area (Å²) >= 11 is 0. The molecule has 3 rings (SSSR count). The summed E-state index contributed by atoms with van der Waals surface area (Å²) < 4.78 is 64.9. The van der Waals surface area contributed by atoms with Crippen LogP contribution in [0.5, 0.6) is 0 Å². The Bertz CT molecular complexity index is 1060. The maximum Gasteiger partial charge on any atom is 0.282 e. The van der Waals surface area contributed by atoms with E-state index in [1.165, 1.54) is 16.8 Å². The highest BCUT2D eigenvalue weighted by atomic mass is 32.2. The van der Waals surface area contributed by atoms with E-state index in [1.807, 2.05) is 6.92 Å². The maximum absolute atomic E-state index is 14.2. The van der Waals surface area contributed by atoms with Gasteiger partial charge in [0.25, 0.3) is 6.43 Å². The number of benzene rings is 2. The molecule has 0 spiro atoms. The molecule has 0 atom stereocenters. The molecule has 8 heteroatoms. The number of hydrogen-bond acceptors (Lipinski definition) is 3. The standard InChI is InChI=1S/C18H15F3N2O2S/c1-11-3-6-13(7-4-11)23-16(10-15(22-23)18(20)21)12-5-8-17(14(19)9-12)26(2,24)25/h3-10,18H,1-2H3. The molecule has 2 aromatic carbocycles. The Morgan fingerprint density at radius 2 is 1.69 bits per heavy atom. The molecule has 1 heterocycles. The van der Waals surface area contributed by atoms with Gasteiger partial charge in [0, 0.05) is 11.8 Å². The van der Waals surface area contributed by atoms with Crippen LogP contribution in [0.25, 0.3) is 16.9 Å². The first kappa shape index (κ1) is 18.2. The number of hydrogen-bond donors (Lipinski definition) is 0. The molecule has 136 valence electrons. The Labute approximate surface area is 148 Å². The van der Waals surface area contributed by atoms with E-state index in [0.717, 1.165) is 24.0 Å². The van der Waals surface area contributed by atoms with Crippen LogP contribution < -0.4 is 0 Å². The van der Waals surface area contributed by atoms with Gasteiger partial charge >= 0.3 is 0 Å². The zero-order valence-corrected chi connectivity index (χ0v) is 14.8. The zero-order valence-electron chi connectivity index (χ0n) is 13.9. The van der Waals surface area contributed by atoms with Crippen LogP contribution in [0.1, 0.15) is 17.7 Å². The van der Waals surface area contributed by atoms with Gasteiger partial charge in [0.15, 0.2) is 9.84 Å². The molecule has 4 nitrogen and oxygen atoms in total. The molecule has 0 aliphatic carbocycles. The Kier molecular flexibility index (Phi) is 4.62. The molecule has 0 bridgehead atoms. The maximum atomic E-state index is 14.2. The van der Waals surface area contributed by atoms with Crippen molar-refractivity contribution < 1.29 is 21.6 Å². The lowest BCUT2D eigenvalue weighted by Gasteiger charge is -2.09. The summed E-state index contributed by atoms with van der Waals surface area (Å²) in [4.78, 5) is -0.447. The van der Waals surface area contributed by atoms with E-state index in [4.69, 9.17) is 0 Å². The highest BCUT2D eigenvalue weighted by Gasteiger charge is 2.20. The highest BCUT2D eigenvalue weighted by Crippen LogP contribution is 2.30. The van der Waals surface area contributed by atoms with Crippen molar-refractivity contribution in [3.8, 4) is 16.9 Å². The molecule has 26 heavy (non-hydrogen) atoms. The van der Waals surface area contributed by atoms with E-state index < -0.39 is 32.7 Å². The number of rotatable bonds is 4. The van der Waals surface area contributed by atoms with Crippen molar-refractivity contribution in [1.82, 2.24) is 9.78 Å². The molecule has 1 aromatic heterocycles. The van der Waals surface area contributed by atoms with Crippen LogP contribution in [0.2, 0.25) is 0 Å². The number of aromatic nitrogens is 2. The first-order valence-electron chi connectivity index (χ1n) is 7.62. The van der Waals surface area contributed by atoms with Crippen molar-refractivity contribution >= 4 is 9.84 Å². The van der Waals surface area contributed by atoms with Crippen LogP contribution in [0.15, 0.2) is 53.4 Å². The molecule has 0 aliphatic heterocycles. The fourth-order valence-electron chi connectivity index (χ4n) is 2.56. The van der Waals surface area contributed by atoms with E-state index in [2.05, 4.69) is 5.10 Å². The first-order chi connectivity index (χ1) is 12.2. The summed E-state index contributed by atoms with van der Waals surface area (Å²) in [6, 6.07) is 11.7. The van der Waals surface area contributed by atoms with Crippen molar-refractivity contribution in [2.45, 2.75) is 18.2 Å². The van der Waals surface area contributed by atoms with Crippen molar-refractivity contribution in [2.24, 2.45) is 0 Å². The van der Waals surface area contributed by atoms with E-state index in [1.54, 1.807) is 24.3 Å². The van der Waals surface area contributed by atoms with Gasteiger partial charge in [0.1, 0.15) is 16.4 Å². The van der Waals surface area contributed by atoms with Crippen molar-refractivity contribution in [3.63, 3.8) is 0 Å². The minimum atomic E-state index is -3.73. The molecule has 3 aromatic rings. The number of halogens is 3. The van der Waals surface area contributed by atoms with Crippen LogP contribution in [-0.4, -0.2) is 24.5 Å². The summed E-state index contributed by atoms with van der Waals surface area (Å²) in [6.45, 7) is 1.89. The van der Waals surface area contributed by atoms with E-state index in [-0.39, 0.29) is 11.3 Å². The SMILES string of the molecule is Cc1ccc(-n2nc(C(F)F)cc2-c2ccc(S(C)(=O)=O)c(F)c2)cc1. The zero-order chi connectivity index (χ0) is 19.1. The fraction of sp³-hybridized carbons (Fsp3) is 0.167. The van der Waals surface area contributed by atoms with Gasteiger partial charge in [-0.1, -0.05) is 23.8 Å². The Morgan fingerprint density at radius 3 is 2.23 bits per heavy atom. The summed E-state index contributed by atoms with van der Waals surface area (Å²) in [7, 11) is -3.73. The smallest absolute Gasteiger partial charge is 0.233 e. The van der Waals surface area contributed by atoms with Crippen LogP contribution in [0.4, 0.5) is 13.2 Å². The van der Waals surface area contributed by atoms with E-state index >= 15 is 0 Å². The molecule has 0 aliphatic rings. The average Bonchev–Trinajstić information content (AvgIpc) is 3.00. The minimum Gasteiger partial charge on any atom is -0.233 e. The van der Waals surface area contributed by atoms with Gasteiger partial charge in [-0.15, -0.1) is 0 Å². The fourth-order valence-corrected chi connectivity index (χ4v) is 3.28. The molecule has 0 amide bonds. The summed E-state index contributed by atoms with van der Waals surface area (Å²) in [5, 5.41) is 3.91. The number of alkyl halides is 2. The minimum absolute atomic E-state index is 0.239. The van der Waals surface area contributed by atoms with Crippen molar-refractivity contribution in [1.29, 1.82) is 0 Å². The van der Waals surface area contributed by atoms with Crippen LogP contribution >= 0.6 is 0 Å². The second-order valence-electron chi connectivity index (χ2n) is 5.92. The molecule has 0 saturated carbocycles. The number of sulfone groups is 1. The second kappa shape index (κ2) is 6.60. The monoisotopic (exact) mass is 380 g/mol. The Morgan fingerprint density at radius 1 is 1.04 bits per heavy atom. The van der Waals surface area contributed by atoms with Crippen LogP contribution in [0.3, 0.4) is 0 Å². The lowest BCUT2D eigenvalue weighted by atomic mass is 10.1. The predicted octanol–water partition coefficient (Wildman–Crippen LogP) is 4.33. The molecular weight excluding hydrogens is 365 g/mol. The molecule has 0 unspecified atom stereocenters. The number of nitrogens with zero attached hydrogens (tertiary/aromatic N) is 2. The molecule has 0 radical (unpaired) electrons. The average molecular weight is 380 g/mol. The lowest BCUT2D eigenvalue weighted by molar-refractivity contribution is 0.145. The molecule has 0 saturated heterocycles. The summed E-state index contributed by atoms with van der Waals surface area (Å²) in [5.74, 6) is -0.944. The molecule has 0 fully saturated rings. The third-order valence-corrected chi connectivity index (χ3v) is 4.99. The number of aryl methyl sites for hydroxylation is 1. The quantitative estimate of drug-likeness (QED) is 0.677. The third kappa shape index (κ3) is 3.50. The van der Waals surface area contributed by atoms with Gasteiger partial charge in [-0.2, -0.15) is 5.10 Å². The van der Waals surface area contributed by atoms with Crippen molar-refractivity contribution in [2.75, 3.05) is 6.26 Å². The normalized spacial score (nSPS) is 11.9. The van der Waals surface area contributed by atoms with Crippen LogP contribution in [0, 0.1) is 12.7 Å². The van der Waals surface area contributed by atoms with Gasteiger partial charge in [-0.25, -0.2) is 26.3 Å². The summed E-state index contributed by atoms with van der Waals surface area (Å²) in [5.41, 5.74) is 1.55. The van der Waals surface area contributed by atoms with Gasteiger partial charge in [0.2, 0.25) is 0 Å². The first-order valence-corrected chi connectivity index (χ1v) is 9.51. The van der Waals surface area contributed by atoms with E-state index in [9.17, 15) is 21.6 Å². The van der Waals surface area contributed by atoms with Gasteiger partial charge in [-0.05, 0) is 37.3 Å². The summed E-state index contributed by atoms with van der Waals surface area (Å²) in [6.07, 6.45) is -1.89. The van der Waals surface area contributed by atoms with Crippen molar-refractivity contribution in [3.05, 3.63) is 65.6 Å².